The summed E-state index contributed by atoms with van der Waals surface area (Å²) in [7, 11) is 1.59. The largest absolute Gasteiger partial charge is 0.496 e. The summed E-state index contributed by atoms with van der Waals surface area (Å²) in [6.45, 7) is 1.38. The monoisotopic (exact) mass is 385 g/mol. The Balaban J connectivity index is 1.94. The third kappa shape index (κ3) is 2.94. The lowest BCUT2D eigenvalue weighted by Crippen LogP contribution is -2.54. The number of nitrogens with zero attached hydrogens (tertiary/aromatic N) is 1. The highest BCUT2D eigenvalue weighted by Crippen LogP contribution is 2.43. The van der Waals surface area contributed by atoms with Gasteiger partial charge in [0, 0.05) is 24.2 Å². The Labute approximate surface area is 164 Å². The van der Waals surface area contributed by atoms with E-state index in [1.165, 1.54) is 0 Å². The number of ether oxygens (including phenoxy) is 1. The van der Waals surface area contributed by atoms with Crippen molar-refractivity contribution in [1.82, 2.24) is 15.5 Å². The first-order valence-corrected chi connectivity index (χ1v) is 9.91. The van der Waals surface area contributed by atoms with Gasteiger partial charge in [-0.15, -0.1) is 0 Å². The van der Waals surface area contributed by atoms with Crippen molar-refractivity contribution in [2.45, 2.75) is 56.8 Å². The molecule has 7 heteroatoms. The smallest absolute Gasteiger partial charge is 0.252 e. The molecular formula is C21H27N3O4. The van der Waals surface area contributed by atoms with Gasteiger partial charge in [0.05, 0.1) is 37.4 Å². The van der Waals surface area contributed by atoms with E-state index in [1.807, 2.05) is 29.2 Å². The molecule has 0 aromatic heterocycles. The average molecular weight is 385 g/mol. The molecule has 1 aliphatic carbocycles. The molecule has 3 aliphatic rings. The third-order valence-corrected chi connectivity index (χ3v) is 6.15. The second kappa shape index (κ2) is 7.47. The van der Waals surface area contributed by atoms with Gasteiger partial charge >= 0.3 is 0 Å². The van der Waals surface area contributed by atoms with Crippen LogP contribution < -0.4 is 15.4 Å². The fourth-order valence-corrected chi connectivity index (χ4v) is 4.96. The lowest BCUT2D eigenvalue weighted by atomic mass is 9.87. The summed E-state index contributed by atoms with van der Waals surface area (Å²) in [6.07, 6.45) is 3.93. The first-order valence-electron chi connectivity index (χ1n) is 9.91. The number of fused-ring (bicyclic) bond motifs is 1. The van der Waals surface area contributed by atoms with Crippen molar-refractivity contribution < 1.29 is 19.4 Å². The summed E-state index contributed by atoms with van der Waals surface area (Å²) in [5.74, 6) is 0.325. The molecule has 7 nitrogen and oxygen atoms in total. The number of nitrogens with one attached hydrogen (secondary N) is 2. The van der Waals surface area contributed by atoms with Gasteiger partial charge in [-0.3, -0.25) is 9.59 Å². The molecule has 1 aromatic carbocycles. The highest BCUT2D eigenvalue weighted by atomic mass is 16.5. The van der Waals surface area contributed by atoms with Gasteiger partial charge in [-0.2, -0.15) is 0 Å². The minimum Gasteiger partial charge on any atom is -0.496 e. The van der Waals surface area contributed by atoms with Gasteiger partial charge in [-0.25, -0.2) is 0 Å². The number of carbonyl (C=O) groups is 2. The molecule has 4 rings (SSSR count). The molecule has 0 spiro atoms. The Hall–Kier alpha value is -2.54. The van der Waals surface area contributed by atoms with Crippen LogP contribution in [0.2, 0.25) is 0 Å². The van der Waals surface area contributed by atoms with Gasteiger partial charge in [0.15, 0.2) is 0 Å². The van der Waals surface area contributed by atoms with Gasteiger partial charge in [-0.05, 0) is 18.9 Å². The molecule has 3 N–H and O–H groups in total. The number of benzene rings is 1. The molecule has 0 bridgehead atoms. The van der Waals surface area contributed by atoms with Gasteiger partial charge in [-0.1, -0.05) is 31.0 Å². The van der Waals surface area contributed by atoms with Crippen LogP contribution in [0, 0.1) is 0 Å². The molecule has 28 heavy (non-hydrogen) atoms. The van der Waals surface area contributed by atoms with Crippen molar-refractivity contribution >= 4 is 11.8 Å². The number of hydrogen-bond acceptors (Lipinski definition) is 5. The second-order valence-corrected chi connectivity index (χ2v) is 7.71. The Morgan fingerprint density at radius 2 is 2.00 bits per heavy atom. The van der Waals surface area contributed by atoms with Crippen LogP contribution in [0.15, 0.2) is 35.5 Å². The molecule has 0 saturated heterocycles. The zero-order chi connectivity index (χ0) is 19.8. The third-order valence-electron chi connectivity index (χ3n) is 6.15. The predicted octanol–water partition coefficient (Wildman–Crippen LogP) is 1.24. The zero-order valence-corrected chi connectivity index (χ0v) is 16.3. The van der Waals surface area contributed by atoms with E-state index in [0.717, 1.165) is 31.2 Å². The highest BCUT2D eigenvalue weighted by Gasteiger charge is 2.48. The Bertz CT molecular complexity index is 822. The van der Waals surface area contributed by atoms with Crippen LogP contribution >= 0.6 is 0 Å². The van der Waals surface area contributed by atoms with Crippen LogP contribution in [0.3, 0.4) is 0 Å². The first kappa shape index (κ1) is 18.8. The molecule has 1 fully saturated rings. The van der Waals surface area contributed by atoms with Crippen molar-refractivity contribution in [3.05, 3.63) is 41.1 Å². The minimum atomic E-state index is -0.555. The zero-order valence-electron chi connectivity index (χ0n) is 16.3. The van der Waals surface area contributed by atoms with E-state index in [-0.39, 0.29) is 30.5 Å². The predicted molar refractivity (Wildman–Crippen MR) is 103 cm³/mol. The number of hydrogen-bond donors (Lipinski definition) is 3. The maximum atomic E-state index is 13.0. The maximum Gasteiger partial charge on any atom is 0.252 e. The molecule has 150 valence electrons. The molecule has 1 aromatic rings. The standard InChI is InChI=1S/C21H27N3O4/c1-12(26)24-16-9-5-4-8-14(16)22-19-15(11-25)23-21(27)18(19)20(24)13-7-3-6-10-17(13)28-2/h3,6-7,10,14-16,20,22,25H,4-5,8-9,11H2,1-2H3,(H,23,27). The Morgan fingerprint density at radius 1 is 1.25 bits per heavy atom. The van der Waals surface area contributed by atoms with Gasteiger partial charge in [0.2, 0.25) is 5.91 Å². The Morgan fingerprint density at radius 3 is 2.71 bits per heavy atom. The van der Waals surface area contributed by atoms with Crippen LogP contribution in [-0.2, 0) is 9.59 Å². The second-order valence-electron chi connectivity index (χ2n) is 7.71. The van der Waals surface area contributed by atoms with Crippen LogP contribution in [-0.4, -0.2) is 53.7 Å². The molecule has 2 amide bonds. The molecule has 2 aliphatic heterocycles. The summed E-state index contributed by atoms with van der Waals surface area (Å²) in [4.78, 5) is 27.7. The minimum absolute atomic E-state index is 0.0149. The molecule has 1 saturated carbocycles. The molecule has 2 heterocycles. The Kier molecular flexibility index (Phi) is 5.02. The van der Waals surface area contributed by atoms with Crippen molar-refractivity contribution in [2.75, 3.05) is 13.7 Å². The molecule has 0 radical (unpaired) electrons. The molecule has 4 unspecified atom stereocenters. The first-order chi connectivity index (χ1) is 13.6. The lowest BCUT2D eigenvalue weighted by Gasteiger charge is -2.42. The average Bonchev–Trinajstić information content (AvgIpc) is 2.92. The fourth-order valence-electron chi connectivity index (χ4n) is 4.96. The van der Waals surface area contributed by atoms with E-state index < -0.39 is 12.1 Å². The lowest BCUT2D eigenvalue weighted by molar-refractivity contribution is -0.134. The number of methoxy groups -OCH3 is 1. The SMILES string of the molecule is COc1ccccc1C1C2=C(NC3CCCCC3N1C(C)=O)C(CO)NC2=O. The number of aliphatic hydroxyl groups excluding tert-OH is 1. The highest BCUT2D eigenvalue weighted by molar-refractivity contribution is 6.00. The fraction of sp³-hybridized carbons (Fsp3) is 0.524. The van der Waals surface area contributed by atoms with Crippen molar-refractivity contribution in [3.63, 3.8) is 0 Å². The van der Waals surface area contributed by atoms with Gasteiger partial charge in [0.1, 0.15) is 5.75 Å². The molecular weight excluding hydrogens is 358 g/mol. The number of para-hydroxylation sites is 1. The quantitative estimate of drug-likeness (QED) is 0.728. The van der Waals surface area contributed by atoms with E-state index in [4.69, 9.17) is 4.74 Å². The summed E-state index contributed by atoms with van der Waals surface area (Å²) in [6, 6.07) is 6.54. The van der Waals surface area contributed by atoms with Gasteiger partial charge in [0.25, 0.3) is 5.91 Å². The van der Waals surface area contributed by atoms with Gasteiger partial charge < -0.3 is 25.4 Å². The van der Waals surface area contributed by atoms with E-state index in [1.54, 1.807) is 14.0 Å². The summed E-state index contributed by atoms with van der Waals surface area (Å²) < 4.78 is 5.58. The van der Waals surface area contributed by atoms with Crippen LogP contribution in [0.5, 0.6) is 5.75 Å². The topological polar surface area (TPSA) is 90.9 Å². The number of rotatable bonds is 3. The normalized spacial score (nSPS) is 29.4. The van der Waals surface area contributed by atoms with E-state index >= 15 is 0 Å². The number of carbonyl (C=O) groups excluding carboxylic acids is 2. The van der Waals surface area contributed by atoms with E-state index in [9.17, 15) is 14.7 Å². The van der Waals surface area contributed by atoms with Crippen molar-refractivity contribution in [2.24, 2.45) is 0 Å². The van der Waals surface area contributed by atoms with Crippen LogP contribution in [0.25, 0.3) is 0 Å². The van der Waals surface area contributed by atoms with Crippen molar-refractivity contribution in [1.29, 1.82) is 0 Å². The summed E-state index contributed by atoms with van der Waals surface area (Å²) in [5, 5.41) is 16.2. The van der Waals surface area contributed by atoms with Crippen molar-refractivity contribution in [3.8, 4) is 5.75 Å². The van der Waals surface area contributed by atoms with E-state index in [2.05, 4.69) is 10.6 Å². The molecule has 4 atom stereocenters. The summed E-state index contributed by atoms with van der Waals surface area (Å²) >= 11 is 0. The maximum absolute atomic E-state index is 13.0. The van der Waals surface area contributed by atoms with Crippen LogP contribution in [0.4, 0.5) is 0 Å². The number of aliphatic hydroxyl groups is 1. The number of amides is 2. The summed E-state index contributed by atoms with van der Waals surface area (Å²) in [5.41, 5.74) is 2.01. The van der Waals surface area contributed by atoms with E-state index in [0.29, 0.717) is 17.0 Å². The van der Waals surface area contributed by atoms with Crippen LogP contribution in [0.1, 0.15) is 44.2 Å².